The lowest BCUT2D eigenvalue weighted by Crippen LogP contribution is -2.34. The summed E-state index contributed by atoms with van der Waals surface area (Å²) in [6.07, 6.45) is 0. The number of ether oxygens (including phenoxy) is 2. The van der Waals surface area contributed by atoms with E-state index in [1.807, 2.05) is 0 Å². The first-order valence-corrected chi connectivity index (χ1v) is 14.0. The molecule has 222 valence electrons. The molecule has 0 atom stereocenters. The number of hydrogen-bond acceptors (Lipinski definition) is 9. The Morgan fingerprint density at radius 1 is 0.690 bits per heavy atom. The van der Waals surface area contributed by atoms with Gasteiger partial charge in [-0.2, -0.15) is 0 Å². The van der Waals surface area contributed by atoms with Crippen molar-refractivity contribution in [1.29, 1.82) is 0 Å². The Hall–Kier alpha value is -4.05. The molecular formula is C28H30N4O9S. The molecule has 0 aliphatic rings. The van der Waals surface area contributed by atoms with Crippen molar-refractivity contribution in [3.63, 3.8) is 0 Å². The Bertz CT molecular complexity index is 1640. The molecule has 4 rings (SSSR count). The normalized spacial score (nSPS) is 11.4. The number of benzene rings is 2. The third-order valence-corrected chi connectivity index (χ3v) is 7.86. The largest absolute Gasteiger partial charge is 0.606 e. The molecule has 0 spiro atoms. The topological polar surface area (TPSA) is 192 Å². The van der Waals surface area contributed by atoms with E-state index in [0.717, 1.165) is 0 Å². The van der Waals surface area contributed by atoms with E-state index in [-0.39, 0.29) is 39.9 Å². The quantitative estimate of drug-likeness (QED) is 0.132. The van der Waals surface area contributed by atoms with Crippen LogP contribution in [0.1, 0.15) is 11.1 Å². The van der Waals surface area contributed by atoms with Crippen LogP contribution < -0.4 is 22.5 Å². The lowest BCUT2D eigenvalue weighted by molar-refractivity contribution is 0.0465. The molecule has 2 aromatic carbocycles. The molecule has 0 aliphatic carbocycles. The van der Waals surface area contributed by atoms with Crippen LogP contribution in [0.3, 0.4) is 0 Å². The Kier molecular flexibility index (Phi) is 10.1. The zero-order chi connectivity index (χ0) is 30.4. The van der Waals surface area contributed by atoms with Gasteiger partial charge >= 0.3 is 11.4 Å². The Morgan fingerprint density at radius 3 is 1.38 bits per heavy atom. The average Bonchev–Trinajstić information content (AvgIpc) is 2.98. The lowest BCUT2D eigenvalue weighted by Gasteiger charge is -2.16. The van der Waals surface area contributed by atoms with Crippen molar-refractivity contribution in [2.75, 3.05) is 26.4 Å². The molecular weight excluding hydrogens is 568 g/mol. The standard InChI is InChI=1S/C28H30N4O9S/c1-17-23(31(15-40-13-11-33)27(37)29-25(17)35)19-3-7-21(8-4-19)42(39)22-9-5-20(6-10-22)24-18(2)26(36)30-28(38)32(24)16-41-14-12-34/h3-10,33-34H,11-16H2,1-2H3,(H,29,35,37)(H,30,36,38). The number of aliphatic hydroxyl groups is 2. The van der Waals surface area contributed by atoms with Gasteiger partial charge in [-0.1, -0.05) is 0 Å². The number of H-pyrrole nitrogens is 2. The van der Waals surface area contributed by atoms with Gasteiger partial charge in [-0.05, 0) is 73.5 Å². The third-order valence-electron chi connectivity index (χ3n) is 6.46. The molecule has 0 saturated heterocycles. The van der Waals surface area contributed by atoms with E-state index in [1.165, 1.54) is 9.13 Å². The molecule has 14 heteroatoms. The molecule has 13 nitrogen and oxygen atoms in total. The molecule has 0 unspecified atom stereocenters. The van der Waals surface area contributed by atoms with Crippen molar-refractivity contribution in [3.05, 3.63) is 101 Å². The Labute approximate surface area is 241 Å². The van der Waals surface area contributed by atoms with Gasteiger partial charge in [-0.3, -0.25) is 28.7 Å². The van der Waals surface area contributed by atoms with Crippen LogP contribution in [0.5, 0.6) is 0 Å². The summed E-state index contributed by atoms with van der Waals surface area (Å²) >= 11 is -1.61. The van der Waals surface area contributed by atoms with E-state index in [1.54, 1.807) is 62.4 Å². The maximum absolute atomic E-state index is 13.4. The summed E-state index contributed by atoms with van der Waals surface area (Å²) in [6.45, 7) is 2.36. The fraction of sp³-hybridized carbons (Fsp3) is 0.286. The summed E-state index contributed by atoms with van der Waals surface area (Å²) < 4.78 is 26.5. The van der Waals surface area contributed by atoms with E-state index in [4.69, 9.17) is 19.7 Å². The van der Waals surface area contributed by atoms with Crippen molar-refractivity contribution in [3.8, 4) is 22.5 Å². The summed E-state index contributed by atoms with van der Waals surface area (Å²) in [5.74, 6) is 0. The summed E-state index contributed by atoms with van der Waals surface area (Å²) in [6, 6.07) is 13.1. The highest BCUT2D eigenvalue weighted by Gasteiger charge is 2.20. The minimum atomic E-state index is -1.61. The molecule has 4 N–H and O–H groups in total. The molecule has 42 heavy (non-hydrogen) atoms. The van der Waals surface area contributed by atoms with Crippen LogP contribution in [0.15, 0.2) is 77.5 Å². The number of hydrogen-bond donors (Lipinski definition) is 4. The van der Waals surface area contributed by atoms with Crippen molar-refractivity contribution >= 4 is 11.2 Å². The molecule has 0 amide bonds. The molecule has 0 saturated carbocycles. The highest BCUT2D eigenvalue weighted by atomic mass is 32.2. The minimum Gasteiger partial charge on any atom is -0.606 e. The first-order valence-electron chi connectivity index (χ1n) is 12.8. The van der Waals surface area contributed by atoms with Crippen LogP contribution in [0.2, 0.25) is 0 Å². The second kappa shape index (κ2) is 13.7. The predicted molar refractivity (Wildman–Crippen MR) is 154 cm³/mol. The van der Waals surface area contributed by atoms with Crippen LogP contribution in [0.4, 0.5) is 0 Å². The monoisotopic (exact) mass is 598 g/mol. The number of nitrogens with zero attached hydrogens (tertiary/aromatic N) is 2. The van der Waals surface area contributed by atoms with Gasteiger partial charge in [0.2, 0.25) is 0 Å². The zero-order valence-corrected chi connectivity index (χ0v) is 23.7. The number of aliphatic hydroxyl groups excluding tert-OH is 2. The summed E-state index contributed by atoms with van der Waals surface area (Å²) in [5, 5.41) is 18.0. The van der Waals surface area contributed by atoms with Gasteiger partial charge in [-0.25, -0.2) is 9.59 Å². The molecule has 0 bridgehead atoms. The number of nitrogens with one attached hydrogen (secondary N) is 2. The van der Waals surface area contributed by atoms with Crippen LogP contribution >= 0.6 is 0 Å². The highest BCUT2D eigenvalue weighted by molar-refractivity contribution is 7.91. The number of rotatable bonds is 12. The van der Waals surface area contributed by atoms with Crippen molar-refractivity contribution < 1.29 is 24.2 Å². The van der Waals surface area contributed by atoms with Crippen LogP contribution in [0, 0.1) is 13.8 Å². The van der Waals surface area contributed by atoms with E-state index >= 15 is 0 Å². The van der Waals surface area contributed by atoms with Gasteiger partial charge in [0.05, 0.1) is 37.8 Å². The predicted octanol–water partition coefficient (Wildman–Crippen LogP) is 0.437. The SMILES string of the molecule is Cc1c(-c2ccc([S+]([O-])c3ccc(-c4c(C)c(=O)[nH]c(=O)n4COCCO)cc3)cc2)n(COCCO)c(=O)[nH]c1=O. The van der Waals surface area contributed by atoms with Gasteiger partial charge in [-0.15, -0.1) is 0 Å². The number of aromatic nitrogens is 4. The maximum Gasteiger partial charge on any atom is 0.330 e. The van der Waals surface area contributed by atoms with Crippen LogP contribution in [0.25, 0.3) is 22.5 Å². The molecule has 2 heterocycles. The average molecular weight is 599 g/mol. The van der Waals surface area contributed by atoms with Crippen molar-refractivity contribution in [2.24, 2.45) is 0 Å². The Balaban J connectivity index is 1.64. The number of aromatic amines is 2. The first-order chi connectivity index (χ1) is 20.2. The maximum atomic E-state index is 13.4. The lowest BCUT2D eigenvalue weighted by atomic mass is 10.1. The first kappa shape index (κ1) is 30.9. The van der Waals surface area contributed by atoms with Gasteiger partial charge < -0.3 is 24.2 Å². The molecule has 0 aliphatic heterocycles. The van der Waals surface area contributed by atoms with E-state index < -0.39 is 33.7 Å². The second-order valence-electron chi connectivity index (χ2n) is 9.16. The molecule has 0 fully saturated rings. The molecule has 2 aromatic heterocycles. The van der Waals surface area contributed by atoms with Gasteiger partial charge in [0.1, 0.15) is 13.5 Å². The van der Waals surface area contributed by atoms with E-state index in [0.29, 0.717) is 43.4 Å². The smallest absolute Gasteiger partial charge is 0.330 e. The Morgan fingerprint density at radius 2 is 1.05 bits per heavy atom. The van der Waals surface area contributed by atoms with Gasteiger partial charge in [0.15, 0.2) is 9.79 Å². The molecule has 0 radical (unpaired) electrons. The van der Waals surface area contributed by atoms with Gasteiger partial charge in [0, 0.05) is 22.3 Å². The fourth-order valence-electron chi connectivity index (χ4n) is 4.38. The van der Waals surface area contributed by atoms with Crippen molar-refractivity contribution in [1.82, 2.24) is 19.1 Å². The van der Waals surface area contributed by atoms with Gasteiger partial charge in [0.25, 0.3) is 11.1 Å². The second-order valence-corrected chi connectivity index (χ2v) is 10.6. The summed E-state index contributed by atoms with van der Waals surface area (Å²) in [7, 11) is 0. The minimum absolute atomic E-state index is 0.0106. The highest BCUT2D eigenvalue weighted by Crippen LogP contribution is 2.28. The third kappa shape index (κ3) is 6.54. The van der Waals surface area contributed by atoms with Crippen molar-refractivity contribution in [2.45, 2.75) is 37.1 Å². The fourth-order valence-corrected chi connectivity index (χ4v) is 5.42. The van der Waals surface area contributed by atoms with E-state index in [2.05, 4.69) is 9.97 Å². The van der Waals surface area contributed by atoms with Crippen LogP contribution in [-0.2, 0) is 34.1 Å². The zero-order valence-electron chi connectivity index (χ0n) is 22.9. The summed E-state index contributed by atoms with van der Waals surface area (Å²) in [4.78, 5) is 55.0. The van der Waals surface area contributed by atoms with E-state index in [9.17, 15) is 23.7 Å². The van der Waals surface area contributed by atoms with Crippen LogP contribution in [-0.4, -0.2) is 60.3 Å². The molecule has 4 aromatic rings. The summed E-state index contributed by atoms with van der Waals surface area (Å²) in [5.41, 5.74) is -0.0693.